The minimum Gasteiger partial charge on any atom is -0.373 e. The zero-order chi connectivity index (χ0) is 33.8. The van der Waals surface area contributed by atoms with E-state index in [0.717, 1.165) is 22.5 Å². The molecular weight excluding hydrogens is 596 g/mol. The van der Waals surface area contributed by atoms with E-state index in [1.54, 1.807) is 13.8 Å². The summed E-state index contributed by atoms with van der Waals surface area (Å²) in [4.78, 5) is 19.9. The number of hydrazone groups is 2. The molecule has 0 aliphatic rings. The summed E-state index contributed by atoms with van der Waals surface area (Å²) in [5.74, 6) is 1.22. The van der Waals surface area contributed by atoms with Gasteiger partial charge in [0.2, 0.25) is 5.95 Å². The van der Waals surface area contributed by atoms with Gasteiger partial charge in [-0.15, -0.1) is 0 Å². The first-order valence-corrected chi connectivity index (χ1v) is 13.7. The summed E-state index contributed by atoms with van der Waals surface area (Å²) in [6.07, 6.45) is 0.707. The molecule has 0 aliphatic carbocycles. The van der Waals surface area contributed by atoms with Crippen molar-refractivity contribution in [3.8, 4) is 12.1 Å². The zero-order valence-electron chi connectivity index (χ0n) is 25.3. The summed E-state index contributed by atoms with van der Waals surface area (Å²) in [5, 5.41) is 26.8. The smallest absolute Gasteiger partial charge is 0.373 e. The molecule has 0 spiro atoms. The van der Waals surface area contributed by atoms with Crippen molar-refractivity contribution >= 4 is 46.6 Å². The molecule has 16 heteroatoms. The third-order valence-electron chi connectivity index (χ3n) is 6.12. The van der Waals surface area contributed by atoms with Gasteiger partial charge in [-0.25, -0.2) is 5.43 Å². The average molecular weight is 625 g/mol. The van der Waals surface area contributed by atoms with Crippen LogP contribution in [-0.4, -0.2) is 31.6 Å². The van der Waals surface area contributed by atoms with Crippen LogP contribution in [0.4, 0.5) is 34.9 Å². The third kappa shape index (κ3) is 8.74. The highest BCUT2D eigenvalue weighted by molar-refractivity contribution is 5.98. The van der Waals surface area contributed by atoms with Crippen LogP contribution in [0.25, 0.3) is 9.69 Å². The molecule has 2 aromatic heterocycles. The van der Waals surface area contributed by atoms with Crippen LogP contribution in [0.1, 0.15) is 36.4 Å². The molecule has 232 valence electrons. The maximum atomic E-state index is 9.07. The van der Waals surface area contributed by atoms with Gasteiger partial charge < -0.3 is 14.7 Å². The lowest BCUT2D eigenvalue weighted by molar-refractivity contribution is 1.04. The van der Waals surface area contributed by atoms with E-state index in [4.69, 9.17) is 23.7 Å². The molecule has 0 unspecified atom stereocenters. The van der Waals surface area contributed by atoms with Gasteiger partial charge in [-0.1, -0.05) is 55.6 Å². The molecule has 8 N–H and O–H groups in total. The number of aromatic nitrogens is 4. The summed E-state index contributed by atoms with van der Waals surface area (Å²) in [5.41, 5.74) is 22.3. The molecule has 2 aromatic carbocycles. The Morgan fingerprint density at radius 2 is 1.30 bits per heavy atom. The predicted molar refractivity (Wildman–Crippen MR) is 180 cm³/mol. The van der Waals surface area contributed by atoms with Crippen molar-refractivity contribution in [1.82, 2.24) is 30.8 Å². The van der Waals surface area contributed by atoms with Gasteiger partial charge in [0, 0.05) is 0 Å². The van der Waals surface area contributed by atoms with Crippen LogP contribution < -0.4 is 32.6 Å². The van der Waals surface area contributed by atoms with E-state index in [0.29, 0.717) is 29.2 Å². The minimum absolute atomic E-state index is 0.0111. The van der Waals surface area contributed by atoms with Crippen LogP contribution in [0, 0.1) is 35.8 Å². The van der Waals surface area contributed by atoms with Crippen LogP contribution in [-0.2, 0) is 6.42 Å². The molecular formula is C31H28N16. The number of imidazole rings is 2. The van der Waals surface area contributed by atoms with Gasteiger partial charge in [-0.2, -0.15) is 25.7 Å². The minimum atomic E-state index is -0.0193. The fourth-order valence-electron chi connectivity index (χ4n) is 3.73. The number of aromatic amines is 2. The lowest BCUT2D eigenvalue weighted by Crippen LogP contribution is -2.31. The number of hydrogen-bond donors (Lipinski definition) is 8. The van der Waals surface area contributed by atoms with Gasteiger partial charge in [0.1, 0.15) is 12.1 Å². The Balaban J connectivity index is 1.30. The van der Waals surface area contributed by atoms with Crippen molar-refractivity contribution in [2.75, 3.05) is 21.7 Å². The molecule has 0 amide bonds. The molecule has 4 rings (SSSR count). The number of anilines is 4. The lowest BCUT2D eigenvalue weighted by atomic mass is 10.0. The molecule has 0 fully saturated rings. The fraction of sp³-hybridized carbons (Fsp3) is 0.0968. The third-order valence-corrected chi connectivity index (χ3v) is 6.12. The van der Waals surface area contributed by atoms with Gasteiger partial charge in [-0.3, -0.25) is 32.1 Å². The molecule has 16 nitrogen and oxygen atoms in total. The number of hydrogen-bond acceptors (Lipinski definition) is 10. The highest BCUT2D eigenvalue weighted by Gasteiger charge is 2.14. The van der Waals surface area contributed by atoms with Crippen LogP contribution in [0.3, 0.4) is 0 Å². The summed E-state index contributed by atoms with van der Waals surface area (Å²) in [6, 6.07) is 19.3. The maximum absolute atomic E-state index is 9.07. The zero-order valence-corrected chi connectivity index (χ0v) is 25.3. The summed E-state index contributed by atoms with van der Waals surface area (Å²) in [7, 11) is 0. The molecule has 47 heavy (non-hydrogen) atoms. The normalized spacial score (nSPS) is 10.8. The number of hydrazine groups is 2. The Morgan fingerprint density at radius 1 is 0.787 bits per heavy atom. The first-order valence-electron chi connectivity index (χ1n) is 13.7. The first kappa shape index (κ1) is 32.4. The van der Waals surface area contributed by atoms with E-state index in [1.165, 1.54) is 0 Å². The van der Waals surface area contributed by atoms with E-state index in [2.05, 4.69) is 85.5 Å². The molecule has 0 radical (unpaired) electrons. The second-order valence-electron chi connectivity index (χ2n) is 9.79. The van der Waals surface area contributed by atoms with E-state index in [1.807, 2.05) is 60.7 Å². The highest BCUT2D eigenvalue weighted by atomic mass is 15.5. The number of benzene rings is 2. The Hall–Kier alpha value is -7.56. The van der Waals surface area contributed by atoms with Crippen LogP contribution in [0.5, 0.6) is 0 Å². The first-order chi connectivity index (χ1) is 22.7. The number of amidine groups is 2. The van der Waals surface area contributed by atoms with E-state index in [9.17, 15) is 0 Å². The van der Waals surface area contributed by atoms with Gasteiger partial charge >= 0.3 is 5.95 Å². The summed E-state index contributed by atoms with van der Waals surface area (Å²) >= 11 is 0. The van der Waals surface area contributed by atoms with Gasteiger partial charge in [-0.05, 0) is 66.8 Å². The van der Waals surface area contributed by atoms with Gasteiger partial charge in [0.25, 0.3) is 11.6 Å². The number of H-pyrrole nitrogens is 2. The van der Waals surface area contributed by atoms with Crippen LogP contribution in [0.2, 0.25) is 0 Å². The largest absolute Gasteiger partial charge is 0.388 e. The molecule has 0 aliphatic heterocycles. The van der Waals surface area contributed by atoms with Crippen LogP contribution >= 0.6 is 0 Å². The standard InChI is InChI=1S/C31H28N16/c1-18(2)26(44-46-30-36-24(16-32)25(17-33)37-30)42-40-22-11-7-20(8-12-22)15-21-9-13-23(14-10-21)41-43-27(19(3)4)45-47-31-38-28(34-5)29(35-6)39-31/h7-14,40-41H,1,3,15H2,2,4H3,(H,42,44)(H,43,45)(H2,36,37,46)(H2,38,39,47). The van der Waals surface area contributed by atoms with Crippen molar-refractivity contribution in [3.05, 3.63) is 118 Å². The number of nitriles is 2. The molecule has 0 atom stereocenters. The van der Waals surface area contributed by atoms with Crippen molar-refractivity contribution in [2.45, 2.75) is 20.3 Å². The Labute approximate surface area is 270 Å². The number of nitrogens with zero attached hydrogens (tertiary/aromatic N) is 8. The van der Waals surface area contributed by atoms with Crippen molar-refractivity contribution < 1.29 is 0 Å². The van der Waals surface area contributed by atoms with Gasteiger partial charge in [0.15, 0.2) is 23.1 Å². The molecule has 0 saturated heterocycles. The molecule has 0 saturated carbocycles. The number of nitrogens with one attached hydrogen (secondary N) is 8. The number of rotatable bonds is 12. The molecule has 4 aromatic rings. The summed E-state index contributed by atoms with van der Waals surface area (Å²) < 4.78 is 0. The Morgan fingerprint density at radius 3 is 1.68 bits per heavy atom. The molecule has 0 bridgehead atoms. The highest BCUT2D eigenvalue weighted by Crippen LogP contribution is 2.26. The quantitative estimate of drug-likeness (QED) is 0.0435. The van der Waals surface area contributed by atoms with Crippen molar-refractivity contribution in [1.29, 1.82) is 10.5 Å². The lowest BCUT2D eigenvalue weighted by Gasteiger charge is -2.11. The predicted octanol–water partition coefficient (Wildman–Crippen LogP) is 5.40. The van der Waals surface area contributed by atoms with E-state index < -0.39 is 0 Å². The second kappa shape index (κ2) is 15.3. The van der Waals surface area contributed by atoms with Gasteiger partial charge in [0.05, 0.1) is 11.4 Å². The average Bonchev–Trinajstić information content (AvgIpc) is 3.68. The SMILES string of the molecule is [C-]#[N+]c1nc(NNC(=NNc2ccc(Cc3ccc(NN=C(NNc4nc(C#N)c(C#N)[nH]4)C(=C)C)cc3)cc2)C(=C)C)[nH]c1[N+]#[C-]. The Kier molecular flexibility index (Phi) is 10.5. The monoisotopic (exact) mass is 624 g/mol. The van der Waals surface area contributed by atoms with Crippen molar-refractivity contribution in [2.24, 2.45) is 10.2 Å². The van der Waals surface area contributed by atoms with Crippen molar-refractivity contribution in [3.63, 3.8) is 0 Å². The fourth-order valence-corrected chi connectivity index (χ4v) is 3.73. The van der Waals surface area contributed by atoms with E-state index in [-0.39, 0.29) is 34.9 Å². The van der Waals surface area contributed by atoms with E-state index >= 15 is 0 Å². The molecule has 2 heterocycles. The topological polar surface area (TPSA) is 211 Å². The second-order valence-corrected chi connectivity index (χ2v) is 9.79. The van der Waals surface area contributed by atoms with Crippen LogP contribution in [0.15, 0.2) is 83.0 Å². The summed E-state index contributed by atoms with van der Waals surface area (Å²) in [6.45, 7) is 25.6. The maximum Gasteiger partial charge on any atom is 0.388 e. The Bertz CT molecular complexity index is 1790.